The van der Waals surface area contributed by atoms with Crippen molar-refractivity contribution in [3.63, 3.8) is 0 Å². The Kier molecular flexibility index (Phi) is 2.44. The van der Waals surface area contributed by atoms with Crippen molar-refractivity contribution in [1.29, 1.82) is 0 Å². The Morgan fingerprint density at radius 3 is 1.46 bits per heavy atom. The lowest BCUT2D eigenvalue weighted by atomic mass is 10.0. The lowest BCUT2D eigenvalue weighted by Gasteiger charge is -1.97. The molecule has 0 aliphatic carbocycles. The average molecular weight is 361 g/mol. The normalized spacial score (nSPS) is 12.5. The van der Waals surface area contributed by atoms with Gasteiger partial charge in [-0.25, -0.2) is 0 Å². The van der Waals surface area contributed by atoms with Gasteiger partial charge in [0.25, 0.3) is 0 Å². The van der Waals surface area contributed by atoms with E-state index in [1.807, 2.05) is 24.3 Å². The topological polar surface area (TPSA) is 31.2 Å². The number of para-hydroxylation sites is 2. The number of hydrogen-bond acceptors (Lipinski definition) is 2. The minimum Gasteiger partial charge on any atom is -0.456 e. The van der Waals surface area contributed by atoms with Crippen molar-refractivity contribution in [3.8, 4) is 0 Å². The number of aryl methyl sites for hydroxylation is 1. The molecule has 0 N–H and O–H groups in total. The predicted octanol–water partition coefficient (Wildman–Crippen LogP) is 7.13. The fraction of sp³-hybridized carbons (Fsp3) is 0.0400. The number of aromatic nitrogens is 1. The zero-order valence-electron chi connectivity index (χ0n) is 15.2. The van der Waals surface area contributed by atoms with Gasteiger partial charge in [0.15, 0.2) is 0 Å². The summed E-state index contributed by atoms with van der Waals surface area (Å²) >= 11 is 0. The largest absolute Gasteiger partial charge is 0.456 e. The maximum absolute atomic E-state index is 6.17. The minimum atomic E-state index is 0.922. The number of furan rings is 2. The summed E-state index contributed by atoms with van der Waals surface area (Å²) in [5.74, 6) is 0. The summed E-state index contributed by atoms with van der Waals surface area (Å²) in [5.41, 5.74) is 6.09. The summed E-state index contributed by atoms with van der Waals surface area (Å²) in [6.07, 6.45) is 0. The fourth-order valence-corrected chi connectivity index (χ4v) is 4.81. The van der Waals surface area contributed by atoms with E-state index in [0.29, 0.717) is 0 Å². The third kappa shape index (κ3) is 1.57. The van der Waals surface area contributed by atoms with Crippen LogP contribution in [0.2, 0.25) is 0 Å². The van der Waals surface area contributed by atoms with Crippen LogP contribution in [0.1, 0.15) is 0 Å². The molecule has 132 valence electrons. The van der Waals surface area contributed by atoms with Crippen LogP contribution in [-0.4, -0.2) is 4.57 Å². The summed E-state index contributed by atoms with van der Waals surface area (Å²) in [6.45, 7) is 0. The van der Waals surface area contributed by atoms with Crippen molar-refractivity contribution in [2.45, 2.75) is 0 Å². The first-order valence-corrected chi connectivity index (χ1v) is 9.44. The van der Waals surface area contributed by atoms with Crippen LogP contribution in [0.3, 0.4) is 0 Å². The van der Waals surface area contributed by atoms with E-state index in [4.69, 9.17) is 8.83 Å². The van der Waals surface area contributed by atoms with E-state index in [9.17, 15) is 0 Å². The Labute approximate surface area is 159 Å². The van der Waals surface area contributed by atoms with Crippen LogP contribution in [0.4, 0.5) is 0 Å². The third-order valence-electron chi connectivity index (χ3n) is 6.02. The molecular formula is C25H15NO2. The molecule has 4 aromatic carbocycles. The van der Waals surface area contributed by atoms with E-state index in [1.165, 1.54) is 32.6 Å². The van der Waals surface area contributed by atoms with Gasteiger partial charge < -0.3 is 13.4 Å². The van der Waals surface area contributed by atoms with Gasteiger partial charge in [0.2, 0.25) is 0 Å². The lowest BCUT2D eigenvalue weighted by molar-refractivity contribution is 0.668. The first-order chi connectivity index (χ1) is 13.8. The van der Waals surface area contributed by atoms with E-state index in [1.54, 1.807) is 0 Å². The Bertz CT molecular complexity index is 1600. The van der Waals surface area contributed by atoms with E-state index >= 15 is 0 Å². The summed E-state index contributed by atoms with van der Waals surface area (Å²) in [5, 5.41) is 7.13. The molecule has 0 spiro atoms. The van der Waals surface area contributed by atoms with Crippen LogP contribution in [0.25, 0.3) is 65.7 Å². The fourth-order valence-electron chi connectivity index (χ4n) is 4.81. The van der Waals surface area contributed by atoms with Gasteiger partial charge >= 0.3 is 0 Å². The second kappa shape index (κ2) is 4.76. The number of benzene rings is 4. The second-order valence-corrected chi connectivity index (χ2v) is 7.42. The molecule has 7 aromatic rings. The summed E-state index contributed by atoms with van der Waals surface area (Å²) in [7, 11) is 2.13. The summed E-state index contributed by atoms with van der Waals surface area (Å²) < 4.78 is 14.6. The highest BCUT2D eigenvalue weighted by Gasteiger charge is 2.20. The van der Waals surface area contributed by atoms with Crippen LogP contribution in [0.5, 0.6) is 0 Å². The summed E-state index contributed by atoms with van der Waals surface area (Å²) in [6, 6.07) is 25.0. The molecule has 0 bridgehead atoms. The molecular weight excluding hydrogens is 346 g/mol. The van der Waals surface area contributed by atoms with Crippen LogP contribution >= 0.6 is 0 Å². The van der Waals surface area contributed by atoms with Crippen molar-refractivity contribution in [3.05, 3.63) is 72.8 Å². The molecule has 0 aliphatic heterocycles. The van der Waals surface area contributed by atoms with Crippen molar-refractivity contribution in [2.75, 3.05) is 0 Å². The second-order valence-electron chi connectivity index (χ2n) is 7.42. The first kappa shape index (κ1) is 14.4. The van der Waals surface area contributed by atoms with Gasteiger partial charge in [-0.2, -0.15) is 0 Å². The van der Waals surface area contributed by atoms with E-state index in [0.717, 1.165) is 33.1 Å². The molecule has 7 rings (SSSR count). The quantitative estimate of drug-likeness (QED) is 0.288. The monoisotopic (exact) mass is 361 g/mol. The van der Waals surface area contributed by atoms with Crippen LogP contribution in [0, 0.1) is 0 Å². The molecule has 3 aromatic heterocycles. The molecule has 0 unspecified atom stereocenters. The molecule has 3 nitrogen and oxygen atoms in total. The van der Waals surface area contributed by atoms with Gasteiger partial charge in [-0.1, -0.05) is 36.4 Å². The standard InChI is InChI=1S/C25H15NO2/c1-26-16-10-12-20-22(14-6-2-4-8-18(14)27-20)24(16)25-17(26)11-13-21-23(25)15-7-3-5-9-19(15)28-21/h2-13H,1H3. The van der Waals surface area contributed by atoms with Gasteiger partial charge in [-0.05, 0) is 36.4 Å². The maximum Gasteiger partial charge on any atom is 0.136 e. The van der Waals surface area contributed by atoms with Crippen molar-refractivity contribution < 1.29 is 8.83 Å². The number of hydrogen-bond donors (Lipinski definition) is 0. The van der Waals surface area contributed by atoms with E-state index in [2.05, 4.69) is 60.1 Å². The molecule has 0 saturated heterocycles. The molecule has 0 saturated carbocycles. The molecule has 0 aliphatic rings. The predicted molar refractivity (Wildman–Crippen MR) is 115 cm³/mol. The van der Waals surface area contributed by atoms with Crippen LogP contribution in [0.15, 0.2) is 81.6 Å². The average Bonchev–Trinajstić information content (AvgIpc) is 3.37. The number of fused-ring (bicyclic) bond motifs is 11. The van der Waals surface area contributed by atoms with Gasteiger partial charge in [0, 0.05) is 50.4 Å². The minimum absolute atomic E-state index is 0.922. The van der Waals surface area contributed by atoms with E-state index < -0.39 is 0 Å². The van der Waals surface area contributed by atoms with Gasteiger partial charge in [0.1, 0.15) is 22.3 Å². The first-order valence-electron chi connectivity index (χ1n) is 9.44. The van der Waals surface area contributed by atoms with Crippen LogP contribution < -0.4 is 0 Å². The van der Waals surface area contributed by atoms with E-state index in [-0.39, 0.29) is 0 Å². The Balaban J connectivity index is 1.90. The zero-order chi connectivity index (χ0) is 18.4. The Morgan fingerprint density at radius 2 is 0.964 bits per heavy atom. The Morgan fingerprint density at radius 1 is 0.500 bits per heavy atom. The molecule has 3 heterocycles. The lowest BCUT2D eigenvalue weighted by Crippen LogP contribution is -1.85. The Hall–Kier alpha value is -3.72. The zero-order valence-corrected chi connectivity index (χ0v) is 15.2. The SMILES string of the molecule is Cn1c2ccc3oc4ccccc4c3c2c2c3c(ccc21)oc1ccccc13. The van der Waals surface area contributed by atoms with Crippen molar-refractivity contribution in [1.82, 2.24) is 4.57 Å². The van der Waals surface area contributed by atoms with Gasteiger partial charge in [0.05, 0.1) is 0 Å². The van der Waals surface area contributed by atoms with Gasteiger partial charge in [-0.3, -0.25) is 0 Å². The molecule has 28 heavy (non-hydrogen) atoms. The smallest absolute Gasteiger partial charge is 0.136 e. The summed E-state index contributed by atoms with van der Waals surface area (Å²) in [4.78, 5) is 0. The highest BCUT2D eigenvalue weighted by molar-refractivity contribution is 6.34. The highest BCUT2D eigenvalue weighted by Crippen LogP contribution is 2.44. The molecule has 0 fully saturated rings. The highest BCUT2D eigenvalue weighted by atomic mass is 16.3. The number of nitrogens with zero attached hydrogens (tertiary/aromatic N) is 1. The van der Waals surface area contributed by atoms with Crippen molar-refractivity contribution >= 4 is 65.7 Å². The molecule has 3 heteroatoms. The van der Waals surface area contributed by atoms with Gasteiger partial charge in [-0.15, -0.1) is 0 Å². The van der Waals surface area contributed by atoms with Crippen molar-refractivity contribution in [2.24, 2.45) is 7.05 Å². The number of rotatable bonds is 0. The molecule has 0 atom stereocenters. The maximum atomic E-state index is 6.17. The molecule has 0 radical (unpaired) electrons. The third-order valence-corrected chi connectivity index (χ3v) is 6.02. The van der Waals surface area contributed by atoms with Crippen LogP contribution in [-0.2, 0) is 7.05 Å². The molecule has 0 amide bonds.